The molecule has 2 N–H and O–H groups in total. The highest BCUT2D eigenvalue weighted by Crippen LogP contribution is 2.42. The summed E-state index contributed by atoms with van der Waals surface area (Å²) in [6.45, 7) is 0. The van der Waals surface area contributed by atoms with Crippen molar-refractivity contribution in [1.29, 1.82) is 0 Å². The third-order valence-corrected chi connectivity index (χ3v) is 6.82. The molecular formula is C19H15F3N4O3S2. The molecule has 1 aliphatic rings. The van der Waals surface area contributed by atoms with E-state index >= 15 is 0 Å². The van der Waals surface area contributed by atoms with Gasteiger partial charge in [0.25, 0.3) is 15.9 Å². The molecule has 1 aliphatic carbocycles. The van der Waals surface area contributed by atoms with E-state index in [4.69, 9.17) is 0 Å². The second kappa shape index (κ2) is 7.93. The zero-order valence-corrected chi connectivity index (χ0v) is 17.3. The molecule has 1 aromatic heterocycles. The van der Waals surface area contributed by atoms with Gasteiger partial charge in [-0.05, 0) is 49.2 Å². The van der Waals surface area contributed by atoms with Crippen molar-refractivity contribution in [1.82, 2.24) is 10.2 Å². The first-order chi connectivity index (χ1) is 14.6. The monoisotopic (exact) mass is 468 g/mol. The predicted molar refractivity (Wildman–Crippen MR) is 109 cm³/mol. The third-order valence-electron chi connectivity index (χ3n) is 4.44. The molecule has 0 radical (unpaired) electrons. The number of nitrogens with one attached hydrogen (secondary N) is 2. The Morgan fingerprint density at radius 1 is 1.06 bits per heavy atom. The normalized spacial score (nSPS) is 14.3. The van der Waals surface area contributed by atoms with E-state index in [1.807, 2.05) is 0 Å². The first kappa shape index (κ1) is 21.2. The maximum Gasteiger partial charge on any atom is 0.416 e. The summed E-state index contributed by atoms with van der Waals surface area (Å²) in [6, 6.07) is 8.99. The van der Waals surface area contributed by atoms with Crippen molar-refractivity contribution >= 4 is 38.1 Å². The Morgan fingerprint density at radius 2 is 1.81 bits per heavy atom. The maximum atomic E-state index is 12.9. The lowest BCUT2D eigenvalue weighted by molar-refractivity contribution is -0.137. The molecule has 0 spiro atoms. The van der Waals surface area contributed by atoms with Gasteiger partial charge in [-0.1, -0.05) is 23.5 Å². The average Bonchev–Trinajstić information content (AvgIpc) is 3.46. The Bertz CT molecular complexity index is 1240. The van der Waals surface area contributed by atoms with Gasteiger partial charge in [0.05, 0.1) is 10.5 Å². The molecule has 162 valence electrons. The van der Waals surface area contributed by atoms with E-state index < -0.39 is 27.7 Å². The van der Waals surface area contributed by atoms with Crippen LogP contribution in [-0.4, -0.2) is 24.5 Å². The van der Waals surface area contributed by atoms with Crippen molar-refractivity contribution in [3.63, 3.8) is 0 Å². The van der Waals surface area contributed by atoms with E-state index in [-0.39, 0.29) is 16.1 Å². The summed E-state index contributed by atoms with van der Waals surface area (Å²) in [5.74, 6) is -0.187. The number of sulfonamides is 1. The molecule has 0 unspecified atom stereocenters. The summed E-state index contributed by atoms with van der Waals surface area (Å²) in [4.78, 5) is 12.2. The molecule has 0 aliphatic heterocycles. The molecule has 3 aromatic rings. The number of carbonyl (C=O) groups is 1. The van der Waals surface area contributed by atoms with Crippen LogP contribution in [0.2, 0.25) is 0 Å². The fraction of sp³-hybridized carbons (Fsp3) is 0.211. The van der Waals surface area contributed by atoms with Gasteiger partial charge in [0.2, 0.25) is 5.13 Å². The SMILES string of the molecule is O=C(Nc1nnc(C2CC2)s1)c1cccc(S(=O)(=O)Nc2cccc(C(F)(F)F)c2)c1. The number of alkyl halides is 3. The molecule has 4 rings (SSSR count). The molecule has 7 nitrogen and oxygen atoms in total. The Morgan fingerprint density at radius 3 is 2.52 bits per heavy atom. The number of amides is 1. The summed E-state index contributed by atoms with van der Waals surface area (Å²) < 4.78 is 66.0. The highest BCUT2D eigenvalue weighted by molar-refractivity contribution is 7.92. The second-order valence-electron chi connectivity index (χ2n) is 6.89. The van der Waals surface area contributed by atoms with Crippen LogP contribution in [-0.2, 0) is 16.2 Å². The van der Waals surface area contributed by atoms with Crippen LogP contribution in [0, 0.1) is 0 Å². The number of anilines is 2. The minimum Gasteiger partial charge on any atom is -0.296 e. The van der Waals surface area contributed by atoms with Gasteiger partial charge >= 0.3 is 6.18 Å². The molecule has 2 aromatic carbocycles. The lowest BCUT2D eigenvalue weighted by Crippen LogP contribution is -2.16. The number of nitrogens with zero attached hydrogens (tertiary/aromatic N) is 2. The van der Waals surface area contributed by atoms with Crippen molar-refractivity contribution < 1.29 is 26.4 Å². The van der Waals surface area contributed by atoms with Crippen LogP contribution < -0.4 is 10.0 Å². The number of rotatable bonds is 6. The van der Waals surface area contributed by atoms with Gasteiger partial charge < -0.3 is 0 Å². The zero-order chi connectivity index (χ0) is 22.2. The van der Waals surface area contributed by atoms with Gasteiger partial charge in [-0.25, -0.2) is 8.42 Å². The number of benzene rings is 2. The first-order valence-electron chi connectivity index (χ1n) is 9.07. The van der Waals surface area contributed by atoms with Crippen molar-refractivity contribution in [3.8, 4) is 0 Å². The molecule has 1 amide bonds. The summed E-state index contributed by atoms with van der Waals surface area (Å²) in [6.07, 6.45) is -2.52. The van der Waals surface area contributed by atoms with E-state index in [1.165, 1.54) is 35.6 Å². The minimum absolute atomic E-state index is 0.0510. The Labute approximate surface area is 179 Å². The summed E-state index contributed by atoms with van der Waals surface area (Å²) in [7, 11) is -4.23. The van der Waals surface area contributed by atoms with Crippen LogP contribution in [0.25, 0.3) is 0 Å². The number of hydrogen-bond donors (Lipinski definition) is 2. The Balaban J connectivity index is 1.51. The standard InChI is InChI=1S/C19H15F3N4O3S2/c20-19(21,22)13-4-2-5-14(10-13)26-31(28,29)15-6-1-3-12(9-15)16(27)23-18-25-24-17(30-18)11-7-8-11/h1-6,9-11,26H,7-8H2,(H,23,25,27). The maximum absolute atomic E-state index is 12.9. The van der Waals surface area contributed by atoms with Crippen molar-refractivity contribution in [2.75, 3.05) is 10.0 Å². The molecule has 1 heterocycles. The summed E-state index contributed by atoms with van der Waals surface area (Å²) in [5.41, 5.74) is -1.18. The lowest BCUT2D eigenvalue weighted by Gasteiger charge is -2.12. The minimum atomic E-state index is -4.61. The molecule has 0 atom stereocenters. The van der Waals surface area contributed by atoms with E-state index in [2.05, 4.69) is 20.2 Å². The predicted octanol–water partition coefficient (Wildman–Crippen LogP) is 4.49. The Kier molecular flexibility index (Phi) is 5.43. The van der Waals surface area contributed by atoms with Crippen molar-refractivity contribution in [3.05, 3.63) is 64.7 Å². The highest BCUT2D eigenvalue weighted by atomic mass is 32.2. The van der Waals surface area contributed by atoms with Gasteiger partial charge in [-0.3, -0.25) is 14.8 Å². The highest BCUT2D eigenvalue weighted by Gasteiger charge is 2.31. The molecule has 12 heteroatoms. The van der Waals surface area contributed by atoms with Gasteiger partial charge in [-0.15, -0.1) is 10.2 Å². The molecule has 1 fully saturated rings. The second-order valence-corrected chi connectivity index (χ2v) is 9.58. The van der Waals surface area contributed by atoms with Crippen LogP contribution in [0.3, 0.4) is 0 Å². The van der Waals surface area contributed by atoms with E-state index in [9.17, 15) is 26.4 Å². The fourth-order valence-corrected chi connectivity index (χ4v) is 4.73. The van der Waals surface area contributed by atoms with E-state index in [0.717, 1.165) is 36.0 Å². The average molecular weight is 468 g/mol. The van der Waals surface area contributed by atoms with Crippen LogP contribution >= 0.6 is 11.3 Å². The van der Waals surface area contributed by atoms with Crippen LogP contribution in [0.1, 0.15) is 39.7 Å². The topological polar surface area (TPSA) is 101 Å². The van der Waals surface area contributed by atoms with Gasteiger partial charge in [0, 0.05) is 17.2 Å². The van der Waals surface area contributed by atoms with Crippen molar-refractivity contribution in [2.45, 2.75) is 29.8 Å². The third kappa shape index (κ3) is 5.02. The van der Waals surface area contributed by atoms with Gasteiger partial charge in [0.15, 0.2) is 0 Å². The zero-order valence-electron chi connectivity index (χ0n) is 15.7. The smallest absolute Gasteiger partial charge is 0.296 e. The molecular weight excluding hydrogens is 453 g/mol. The number of hydrogen-bond acceptors (Lipinski definition) is 6. The van der Waals surface area contributed by atoms with E-state index in [0.29, 0.717) is 17.1 Å². The van der Waals surface area contributed by atoms with Crippen LogP contribution in [0.15, 0.2) is 53.4 Å². The van der Waals surface area contributed by atoms with Crippen molar-refractivity contribution in [2.24, 2.45) is 0 Å². The first-order valence-corrected chi connectivity index (χ1v) is 11.4. The summed E-state index contributed by atoms with van der Waals surface area (Å²) in [5, 5.41) is 11.7. The Hall–Kier alpha value is -2.99. The van der Waals surface area contributed by atoms with Gasteiger partial charge in [-0.2, -0.15) is 13.2 Å². The number of aromatic nitrogens is 2. The van der Waals surface area contributed by atoms with E-state index in [1.54, 1.807) is 0 Å². The molecule has 0 saturated heterocycles. The quantitative estimate of drug-likeness (QED) is 0.555. The van der Waals surface area contributed by atoms with Gasteiger partial charge in [0.1, 0.15) is 5.01 Å². The van der Waals surface area contributed by atoms with Crippen LogP contribution in [0.4, 0.5) is 24.0 Å². The number of carbonyl (C=O) groups excluding carboxylic acids is 1. The largest absolute Gasteiger partial charge is 0.416 e. The molecule has 1 saturated carbocycles. The lowest BCUT2D eigenvalue weighted by atomic mass is 10.2. The number of halogens is 3. The van der Waals surface area contributed by atoms with Crippen LogP contribution in [0.5, 0.6) is 0 Å². The molecule has 0 bridgehead atoms. The summed E-state index contributed by atoms with van der Waals surface area (Å²) >= 11 is 1.26. The molecule has 31 heavy (non-hydrogen) atoms. The fourth-order valence-electron chi connectivity index (χ4n) is 2.73.